The van der Waals surface area contributed by atoms with Crippen molar-refractivity contribution in [3.63, 3.8) is 0 Å². The van der Waals surface area contributed by atoms with Crippen molar-refractivity contribution in [2.45, 2.75) is 70.6 Å². The number of alkyl carbamates (subject to hydrolysis) is 1. The molecule has 22 heteroatoms. The number of nitrogens with zero attached hydrogens (tertiary/aromatic N) is 4. The fraction of sp³-hybridized carbons (Fsp3) is 0.444. The molecule has 1 unspecified atom stereocenters. The van der Waals surface area contributed by atoms with Crippen LogP contribution in [0.5, 0.6) is 0 Å². The van der Waals surface area contributed by atoms with Crippen LogP contribution in [-0.2, 0) is 63.0 Å². The van der Waals surface area contributed by atoms with E-state index in [1.54, 1.807) is 13.8 Å². The molecule has 1 saturated heterocycles. The van der Waals surface area contributed by atoms with Crippen LogP contribution < -0.4 is 16.0 Å². The number of aromatic nitrogens is 4. The van der Waals surface area contributed by atoms with Gasteiger partial charge in [-0.15, -0.1) is 11.3 Å². The van der Waals surface area contributed by atoms with E-state index >= 15 is 0 Å². The molecule has 21 nitrogen and oxygen atoms in total. The average molecular weight is 832 g/mol. The summed E-state index contributed by atoms with van der Waals surface area (Å²) >= 11 is 0. The predicted octanol–water partition coefficient (Wildman–Crippen LogP) is 3.40. The summed E-state index contributed by atoms with van der Waals surface area (Å²) in [5.41, 5.74) is 1.32. The first-order valence-electron chi connectivity index (χ1n) is 17.9. The van der Waals surface area contributed by atoms with Gasteiger partial charge in [-0.05, 0) is 17.9 Å². The molecule has 4 rings (SSSR count). The lowest BCUT2D eigenvalue weighted by atomic mass is 10.0. The molecule has 1 aliphatic heterocycles. The number of aliphatic carboxylic acids is 1. The van der Waals surface area contributed by atoms with Crippen molar-refractivity contribution in [3.8, 4) is 0 Å². The second kappa shape index (κ2) is 21.8. The van der Waals surface area contributed by atoms with Crippen LogP contribution in [-0.4, -0.2) is 105 Å². The second-order valence-corrected chi connectivity index (χ2v) is 14.6. The van der Waals surface area contributed by atoms with E-state index in [-0.39, 0.29) is 61.3 Å². The molecule has 3 amide bonds. The normalized spacial score (nSPS) is 18.4. The minimum absolute atomic E-state index is 0.0395. The van der Waals surface area contributed by atoms with E-state index in [0.29, 0.717) is 0 Å². The quantitative estimate of drug-likeness (QED) is 0.0266. The van der Waals surface area contributed by atoms with E-state index < -0.39 is 75.5 Å². The number of carbonyl (C=O) groups excluding carboxylic acids is 4. The fourth-order valence-corrected chi connectivity index (χ4v) is 6.50. The van der Waals surface area contributed by atoms with Gasteiger partial charge in [0.25, 0.3) is 0 Å². The van der Waals surface area contributed by atoms with Gasteiger partial charge < -0.3 is 35.3 Å². The van der Waals surface area contributed by atoms with E-state index in [0.717, 1.165) is 5.56 Å². The summed E-state index contributed by atoms with van der Waals surface area (Å²) in [6.07, 6.45) is 1.28. The maximum Gasteiger partial charge on any atom is 0.502 e. The van der Waals surface area contributed by atoms with E-state index in [2.05, 4.69) is 44.1 Å². The molecular weight excluding hydrogens is 785 g/mol. The SMILES string of the molecule is C=CCOOP(=O)(OC[C@H](NC(=O)OCC=C)C(=O)N[C@@H](CC(C)C)C(=O)O)OC[C@H]1O[C@@H](n2cnc3c(NC(=O)Cc4ccccc4)ncnc32)C[C@@H]1OC(C)=O. The van der Waals surface area contributed by atoms with Gasteiger partial charge in [0.2, 0.25) is 11.8 Å². The zero-order valence-electron chi connectivity index (χ0n) is 32.0. The monoisotopic (exact) mass is 831 g/mol. The molecular formula is C36H46N7O14P. The van der Waals surface area contributed by atoms with Gasteiger partial charge >= 0.3 is 25.9 Å². The maximum absolute atomic E-state index is 13.9. The number of phosphoric acid groups is 1. The Bertz CT molecular complexity index is 1960. The van der Waals surface area contributed by atoms with Crippen LogP contribution in [0.15, 0.2) is 68.3 Å². The Hall–Kier alpha value is -5.57. The summed E-state index contributed by atoms with van der Waals surface area (Å²) in [6.45, 7) is 9.59. The highest BCUT2D eigenvalue weighted by atomic mass is 31.2. The standard InChI is InChI=1S/C36H46N7O14P/c1-6-13-51-36(49)41-26(34(46)40-25(35(47)48)15-22(3)4)18-53-58(50,57-52-14-7-2)54-19-28-27(55-23(5)44)17-30(56-28)43-21-39-31-32(37-20-38-33(31)43)42-29(45)16-24-11-9-8-10-12-24/h6-12,20-22,25-28,30H,1-2,13-19H2,3-5H3,(H,40,46)(H,41,49)(H,47,48)(H,37,38,42,45)/t25-,26-,27-,28+,30+,58?/m0/s1. The van der Waals surface area contributed by atoms with Gasteiger partial charge in [-0.2, -0.15) is 0 Å². The Kier molecular flexibility index (Phi) is 17.0. The predicted molar refractivity (Wildman–Crippen MR) is 202 cm³/mol. The third kappa shape index (κ3) is 13.5. The zero-order chi connectivity index (χ0) is 42.2. The van der Waals surface area contributed by atoms with Crippen LogP contribution >= 0.6 is 7.82 Å². The maximum atomic E-state index is 13.9. The molecule has 6 atom stereocenters. The number of esters is 1. The Morgan fingerprint density at radius 1 is 1.03 bits per heavy atom. The van der Waals surface area contributed by atoms with E-state index in [1.165, 1.54) is 36.3 Å². The molecule has 0 bridgehead atoms. The number of ether oxygens (including phenoxy) is 3. The van der Waals surface area contributed by atoms with Crippen molar-refractivity contribution >= 4 is 54.7 Å². The summed E-state index contributed by atoms with van der Waals surface area (Å²) in [5, 5.41) is 16.9. The smallest absolute Gasteiger partial charge is 0.480 e. The third-order valence-electron chi connectivity index (χ3n) is 8.02. The number of rotatable bonds is 23. The molecule has 0 spiro atoms. The molecule has 0 aliphatic carbocycles. The first-order chi connectivity index (χ1) is 27.7. The first-order valence-corrected chi connectivity index (χ1v) is 19.4. The van der Waals surface area contributed by atoms with Crippen molar-refractivity contribution in [3.05, 3.63) is 73.9 Å². The number of carboxylic acids is 1. The highest BCUT2D eigenvalue weighted by Gasteiger charge is 2.42. The van der Waals surface area contributed by atoms with Crippen molar-refractivity contribution in [2.24, 2.45) is 5.92 Å². The number of imidazole rings is 1. The van der Waals surface area contributed by atoms with Gasteiger partial charge in [-0.3, -0.25) is 28.0 Å². The van der Waals surface area contributed by atoms with E-state index in [9.17, 15) is 33.6 Å². The summed E-state index contributed by atoms with van der Waals surface area (Å²) in [7, 11) is -4.84. The minimum Gasteiger partial charge on any atom is -0.480 e. The molecule has 58 heavy (non-hydrogen) atoms. The summed E-state index contributed by atoms with van der Waals surface area (Å²) in [6, 6.07) is 6.09. The van der Waals surface area contributed by atoms with Gasteiger partial charge in [0.05, 0.1) is 26.0 Å². The number of carbonyl (C=O) groups is 5. The van der Waals surface area contributed by atoms with Gasteiger partial charge in [0.15, 0.2) is 17.0 Å². The molecule has 314 valence electrons. The summed E-state index contributed by atoms with van der Waals surface area (Å²) in [4.78, 5) is 80.2. The number of carboxylic acid groups (broad SMARTS) is 1. The molecule has 1 fully saturated rings. The van der Waals surface area contributed by atoms with Crippen LogP contribution in [0.2, 0.25) is 0 Å². The molecule has 1 aromatic carbocycles. The lowest BCUT2D eigenvalue weighted by molar-refractivity contribution is -0.219. The number of amides is 3. The van der Waals surface area contributed by atoms with E-state index in [1.807, 2.05) is 30.3 Å². The highest BCUT2D eigenvalue weighted by Crippen LogP contribution is 2.50. The fourth-order valence-electron chi connectivity index (χ4n) is 5.49. The summed E-state index contributed by atoms with van der Waals surface area (Å²) in [5.74, 6) is -3.31. The average Bonchev–Trinajstić information content (AvgIpc) is 3.79. The van der Waals surface area contributed by atoms with Crippen molar-refractivity contribution in [1.82, 2.24) is 30.2 Å². The van der Waals surface area contributed by atoms with Crippen molar-refractivity contribution in [2.75, 3.05) is 31.7 Å². The number of benzene rings is 1. The third-order valence-corrected chi connectivity index (χ3v) is 9.24. The van der Waals surface area contributed by atoms with E-state index in [4.69, 9.17) is 32.8 Å². The molecule has 1 aliphatic rings. The second-order valence-electron chi connectivity index (χ2n) is 13.1. The highest BCUT2D eigenvalue weighted by molar-refractivity contribution is 7.48. The Morgan fingerprint density at radius 2 is 1.78 bits per heavy atom. The van der Waals surface area contributed by atoms with Crippen LogP contribution in [0.25, 0.3) is 11.2 Å². The summed E-state index contributed by atoms with van der Waals surface area (Å²) < 4.78 is 48.0. The number of fused-ring (bicyclic) bond motifs is 1. The molecule has 4 N–H and O–H groups in total. The topological polar surface area (TPSA) is 267 Å². The van der Waals surface area contributed by atoms with Crippen molar-refractivity contribution in [1.29, 1.82) is 0 Å². The molecule has 2 aromatic heterocycles. The lowest BCUT2D eigenvalue weighted by Crippen LogP contribution is -2.53. The largest absolute Gasteiger partial charge is 0.502 e. The van der Waals surface area contributed by atoms with Crippen LogP contribution in [0.3, 0.4) is 0 Å². The molecule has 0 radical (unpaired) electrons. The first kappa shape index (κ1) is 45.1. The molecule has 0 saturated carbocycles. The number of hydrogen-bond acceptors (Lipinski definition) is 16. The Labute approximate surface area is 333 Å². The van der Waals surface area contributed by atoms with Crippen LogP contribution in [0.4, 0.5) is 10.6 Å². The Morgan fingerprint density at radius 3 is 2.45 bits per heavy atom. The number of hydrogen-bond donors (Lipinski definition) is 4. The van der Waals surface area contributed by atoms with Gasteiger partial charge in [0, 0.05) is 13.3 Å². The van der Waals surface area contributed by atoms with Crippen LogP contribution in [0, 0.1) is 5.92 Å². The lowest BCUT2D eigenvalue weighted by Gasteiger charge is -2.24. The van der Waals surface area contributed by atoms with Gasteiger partial charge in [-0.1, -0.05) is 62.9 Å². The number of nitrogens with one attached hydrogen (secondary N) is 3. The Balaban J connectivity index is 1.51. The minimum atomic E-state index is -4.84. The zero-order valence-corrected chi connectivity index (χ0v) is 32.9. The van der Waals surface area contributed by atoms with Gasteiger partial charge in [0.1, 0.15) is 50.1 Å². The van der Waals surface area contributed by atoms with Crippen LogP contribution in [0.1, 0.15) is 45.4 Å². The number of phosphoric ester groups is 1. The van der Waals surface area contributed by atoms with Gasteiger partial charge in [-0.25, -0.2) is 34.0 Å². The molecule has 3 aromatic rings. The van der Waals surface area contributed by atoms with Crippen molar-refractivity contribution < 1.29 is 66.5 Å². The molecule has 3 heterocycles. The number of anilines is 1.